The lowest BCUT2D eigenvalue weighted by Gasteiger charge is -2.29. The van der Waals surface area contributed by atoms with Crippen LogP contribution in [-0.2, 0) is 16.0 Å². The van der Waals surface area contributed by atoms with E-state index in [2.05, 4.69) is 0 Å². The summed E-state index contributed by atoms with van der Waals surface area (Å²) in [4.78, 5) is 14.6. The summed E-state index contributed by atoms with van der Waals surface area (Å²) in [6, 6.07) is 4.03. The number of methoxy groups -OCH3 is 2. The maximum atomic E-state index is 12.9. The summed E-state index contributed by atoms with van der Waals surface area (Å²) in [6.45, 7) is 9.62. The summed E-state index contributed by atoms with van der Waals surface area (Å²) in [5.41, 5.74) is 3.58. The number of carbonyl (C=O) groups excluding carboxylic acids is 1. The molecule has 0 aromatic heterocycles. The minimum absolute atomic E-state index is 0.00540. The highest BCUT2D eigenvalue weighted by atomic mass is 16.5. The van der Waals surface area contributed by atoms with Gasteiger partial charge in [0, 0.05) is 26.1 Å². The van der Waals surface area contributed by atoms with Gasteiger partial charge in [0.1, 0.15) is 5.75 Å². The van der Waals surface area contributed by atoms with E-state index in [1.165, 1.54) is 0 Å². The number of nitrogens with zero attached hydrogens (tertiary/aromatic N) is 1. The van der Waals surface area contributed by atoms with Gasteiger partial charge in [0.05, 0.1) is 31.6 Å². The SMILES string of the molecule is COc1cc(C/C(C)=C/C=C/[C@H](CO)OC)cc(N(C)C(=O)CCC(C)(C)[C@H](C)O)c1C. The number of aliphatic hydroxyl groups excluding tert-OH is 2. The molecule has 0 unspecified atom stereocenters. The molecule has 0 saturated carbocycles. The fourth-order valence-corrected chi connectivity index (χ4v) is 3.27. The summed E-state index contributed by atoms with van der Waals surface area (Å²) < 4.78 is 10.7. The Hall–Kier alpha value is -2.15. The van der Waals surface area contributed by atoms with E-state index in [0.717, 1.165) is 28.1 Å². The molecule has 1 aromatic rings. The van der Waals surface area contributed by atoms with Crippen LogP contribution in [0, 0.1) is 12.3 Å². The van der Waals surface area contributed by atoms with Crippen molar-refractivity contribution in [2.24, 2.45) is 5.41 Å². The number of anilines is 1. The number of carbonyl (C=O) groups is 1. The van der Waals surface area contributed by atoms with E-state index in [1.807, 2.05) is 58.1 Å². The van der Waals surface area contributed by atoms with Gasteiger partial charge in [0.25, 0.3) is 0 Å². The Morgan fingerprint density at radius 1 is 1.28 bits per heavy atom. The predicted octanol–water partition coefficient (Wildman–Crippen LogP) is 4.21. The molecule has 32 heavy (non-hydrogen) atoms. The van der Waals surface area contributed by atoms with E-state index in [1.54, 1.807) is 33.1 Å². The number of hydrogen-bond acceptors (Lipinski definition) is 5. The minimum atomic E-state index is -0.480. The van der Waals surface area contributed by atoms with E-state index >= 15 is 0 Å². The molecule has 6 nitrogen and oxygen atoms in total. The minimum Gasteiger partial charge on any atom is -0.496 e. The van der Waals surface area contributed by atoms with E-state index in [-0.39, 0.29) is 24.0 Å². The largest absolute Gasteiger partial charge is 0.496 e. The average molecular weight is 448 g/mol. The number of hydrogen-bond donors (Lipinski definition) is 2. The number of ether oxygens (including phenoxy) is 2. The Morgan fingerprint density at radius 2 is 1.94 bits per heavy atom. The topological polar surface area (TPSA) is 79.2 Å². The molecule has 0 heterocycles. The molecule has 0 fully saturated rings. The van der Waals surface area contributed by atoms with Gasteiger partial charge in [0.2, 0.25) is 5.91 Å². The van der Waals surface area contributed by atoms with Gasteiger partial charge in [-0.25, -0.2) is 0 Å². The first-order valence-electron chi connectivity index (χ1n) is 11.1. The zero-order valence-corrected chi connectivity index (χ0v) is 20.9. The van der Waals surface area contributed by atoms with Gasteiger partial charge in [0.15, 0.2) is 0 Å². The molecule has 0 spiro atoms. The standard InChI is InChI=1S/C26H41NO5/c1-18(10-9-11-22(17-28)31-7)14-21-15-23(19(2)24(16-21)32-8)27(6)25(30)12-13-26(4,5)20(3)29/h9-11,15-16,20,22,28-29H,12-14,17H2,1-8H3/b11-9+,18-10+/t20-,22+/m0/s1. The Kier molecular flexibility index (Phi) is 11.1. The van der Waals surface area contributed by atoms with Crippen LogP contribution >= 0.6 is 0 Å². The van der Waals surface area contributed by atoms with Crippen LogP contribution in [0.1, 0.15) is 51.7 Å². The highest BCUT2D eigenvalue weighted by molar-refractivity contribution is 5.94. The van der Waals surface area contributed by atoms with Gasteiger partial charge in [-0.05, 0) is 56.7 Å². The van der Waals surface area contributed by atoms with Crippen LogP contribution in [0.3, 0.4) is 0 Å². The third-order valence-corrected chi connectivity index (χ3v) is 6.13. The van der Waals surface area contributed by atoms with Gasteiger partial charge in [-0.3, -0.25) is 4.79 Å². The molecular weight excluding hydrogens is 406 g/mol. The first-order chi connectivity index (χ1) is 15.0. The quantitative estimate of drug-likeness (QED) is 0.469. The third-order valence-electron chi connectivity index (χ3n) is 6.13. The zero-order chi connectivity index (χ0) is 24.5. The average Bonchev–Trinajstić information content (AvgIpc) is 2.75. The van der Waals surface area contributed by atoms with Crippen molar-refractivity contribution in [1.29, 1.82) is 0 Å². The lowest BCUT2D eigenvalue weighted by atomic mass is 9.82. The molecule has 0 bridgehead atoms. The van der Waals surface area contributed by atoms with Crippen molar-refractivity contribution in [2.45, 2.75) is 66.1 Å². The first-order valence-corrected chi connectivity index (χ1v) is 11.1. The lowest BCUT2D eigenvalue weighted by Crippen LogP contribution is -2.31. The van der Waals surface area contributed by atoms with Gasteiger partial charge in [-0.15, -0.1) is 0 Å². The fraction of sp³-hybridized carbons (Fsp3) is 0.577. The summed E-state index contributed by atoms with van der Waals surface area (Å²) >= 11 is 0. The smallest absolute Gasteiger partial charge is 0.226 e. The van der Waals surface area contributed by atoms with Crippen LogP contribution in [0.15, 0.2) is 35.9 Å². The van der Waals surface area contributed by atoms with E-state index in [4.69, 9.17) is 9.47 Å². The number of allylic oxidation sites excluding steroid dienone is 3. The molecule has 0 aliphatic rings. The highest BCUT2D eigenvalue weighted by Gasteiger charge is 2.26. The van der Waals surface area contributed by atoms with Gasteiger partial charge < -0.3 is 24.6 Å². The fourth-order valence-electron chi connectivity index (χ4n) is 3.27. The van der Waals surface area contributed by atoms with Crippen molar-refractivity contribution in [3.63, 3.8) is 0 Å². The molecule has 1 rings (SSSR count). The summed E-state index contributed by atoms with van der Waals surface area (Å²) in [7, 11) is 4.98. The molecule has 1 amide bonds. The normalized spacial score (nSPS) is 14.5. The molecular formula is C26H41NO5. The Morgan fingerprint density at radius 3 is 2.47 bits per heavy atom. The van der Waals surface area contributed by atoms with Crippen LogP contribution < -0.4 is 9.64 Å². The second-order valence-electron chi connectivity index (χ2n) is 9.09. The van der Waals surface area contributed by atoms with Crippen LogP contribution in [0.4, 0.5) is 5.69 Å². The summed E-state index contributed by atoms with van der Waals surface area (Å²) in [6.07, 6.45) is 6.54. The molecule has 0 aliphatic carbocycles. The summed E-state index contributed by atoms with van der Waals surface area (Å²) in [5, 5.41) is 19.1. The monoisotopic (exact) mass is 447 g/mol. The van der Waals surface area contributed by atoms with Crippen molar-refractivity contribution in [1.82, 2.24) is 0 Å². The van der Waals surface area contributed by atoms with Crippen LogP contribution in [-0.4, -0.2) is 56.2 Å². The van der Waals surface area contributed by atoms with Gasteiger partial charge in [-0.1, -0.05) is 37.6 Å². The maximum absolute atomic E-state index is 12.9. The van der Waals surface area contributed by atoms with Crippen molar-refractivity contribution in [3.05, 3.63) is 47.1 Å². The molecule has 6 heteroatoms. The number of aliphatic hydroxyl groups is 2. The number of rotatable bonds is 12. The highest BCUT2D eigenvalue weighted by Crippen LogP contribution is 2.33. The third kappa shape index (κ3) is 8.08. The molecule has 0 aliphatic heterocycles. The van der Waals surface area contributed by atoms with Crippen LogP contribution in [0.25, 0.3) is 0 Å². The Labute approximate surface area is 193 Å². The maximum Gasteiger partial charge on any atom is 0.226 e. The van der Waals surface area contributed by atoms with Crippen molar-refractivity contribution < 1.29 is 24.5 Å². The molecule has 0 radical (unpaired) electrons. The van der Waals surface area contributed by atoms with E-state index in [0.29, 0.717) is 19.3 Å². The van der Waals surface area contributed by atoms with Crippen molar-refractivity contribution >= 4 is 11.6 Å². The number of amides is 1. The van der Waals surface area contributed by atoms with Gasteiger partial charge >= 0.3 is 0 Å². The predicted molar refractivity (Wildman–Crippen MR) is 130 cm³/mol. The van der Waals surface area contributed by atoms with Crippen LogP contribution in [0.2, 0.25) is 0 Å². The Balaban J connectivity index is 3.06. The lowest BCUT2D eigenvalue weighted by molar-refractivity contribution is -0.119. The van der Waals surface area contributed by atoms with E-state index < -0.39 is 6.10 Å². The van der Waals surface area contributed by atoms with Crippen molar-refractivity contribution in [2.75, 3.05) is 32.8 Å². The second-order valence-corrected chi connectivity index (χ2v) is 9.09. The molecule has 0 saturated heterocycles. The second kappa shape index (κ2) is 12.8. The molecule has 180 valence electrons. The molecule has 2 atom stereocenters. The Bertz CT molecular complexity index is 807. The summed E-state index contributed by atoms with van der Waals surface area (Å²) in [5.74, 6) is 0.746. The zero-order valence-electron chi connectivity index (χ0n) is 20.9. The van der Waals surface area contributed by atoms with Crippen molar-refractivity contribution in [3.8, 4) is 5.75 Å². The number of benzene rings is 1. The van der Waals surface area contributed by atoms with E-state index in [9.17, 15) is 15.0 Å². The van der Waals surface area contributed by atoms with Gasteiger partial charge in [-0.2, -0.15) is 0 Å². The first kappa shape index (κ1) is 27.9. The van der Waals surface area contributed by atoms with Crippen LogP contribution in [0.5, 0.6) is 5.75 Å². The molecule has 2 N–H and O–H groups in total. The molecule has 1 aromatic carbocycles.